The van der Waals surface area contributed by atoms with Crippen LogP contribution in [0.1, 0.15) is 32.8 Å². The average molecular weight is 350 g/mol. The summed E-state index contributed by atoms with van der Waals surface area (Å²) in [5.41, 5.74) is 1.22. The molecule has 1 fully saturated rings. The molecule has 1 saturated heterocycles. The quantitative estimate of drug-likeness (QED) is 0.740. The molecule has 6 heteroatoms. The van der Waals surface area contributed by atoms with Gasteiger partial charge in [0.2, 0.25) is 11.8 Å². The van der Waals surface area contributed by atoms with E-state index in [4.69, 9.17) is 4.74 Å². The molecule has 0 aliphatic carbocycles. The van der Waals surface area contributed by atoms with Gasteiger partial charge in [-0.05, 0) is 51.3 Å². The average Bonchev–Trinajstić information content (AvgIpc) is 2.55. The molecule has 1 heterocycles. The third-order valence-corrected chi connectivity index (χ3v) is 5.36. The topological polar surface area (TPSA) is 67.4 Å². The fourth-order valence-electron chi connectivity index (χ4n) is 2.42. The number of thioether (sulfide) groups is 1. The molecule has 0 aromatic heterocycles. The molecule has 1 aromatic carbocycles. The Morgan fingerprint density at radius 2 is 2.08 bits per heavy atom. The number of carbonyl (C=O) groups is 2. The monoisotopic (exact) mass is 350 g/mol. The zero-order valence-corrected chi connectivity index (χ0v) is 15.4. The highest BCUT2D eigenvalue weighted by Gasteiger charge is 2.37. The minimum atomic E-state index is -0.454. The van der Waals surface area contributed by atoms with Crippen LogP contribution in [0.3, 0.4) is 0 Å². The maximum atomic E-state index is 12.1. The van der Waals surface area contributed by atoms with E-state index in [0.29, 0.717) is 18.9 Å². The summed E-state index contributed by atoms with van der Waals surface area (Å²) in [7, 11) is 0. The van der Waals surface area contributed by atoms with E-state index in [0.717, 1.165) is 18.6 Å². The minimum absolute atomic E-state index is 0.0757. The van der Waals surface area contributed by atoms with Crippen molar-refractivity contribution in [2.24, 2.45) is 0 Å². The van der Waals surface area contributed by atoms with E-state index in [-0.39, 0.29) is 11.8 Å². The van der Waals surface area contributed by atoms with Crippen LogP contribution < -0.4 is 15.4 Å². The van der Waals surface area contributed by atoms with Gasteiger partial charge in [0.05, 0.1) is 11.4 Å². The number of ether oxygens (including phenoxy) is 1. The first kappa shape index (κ1) is 18.6. The Balaban J connectivity index is 1.68. The highest BCUT2D eigenvalue weighted by molar-refractivity contribution is 8.01. The second-order valence-electron chi connectivity index (χ2n) is 6.32. The van der Waals surface area contributed by atoms with Crippen molar-refractivity contribution in [3.8, 4) is 5.75 Å². The second kappa shape index (κ2) is 8.42. The Bertz CT molecular complexity index is 572. The molecular weight excluding hydrogens is 324 g/mol. The maximum Gasteiger partial charge on any atom is 0.243 e. The van der Waals surface area contributed by atoms with Gasteiger partial charge in [-0.1, -0.05) is 12.1 Å². The lowest BCUT2D eigenvalue weighted by Gasteiger charge is -2.32. The Morgan fingerprint density at radius 3 is 2.71 bits per heavy atom. The highest BCUT2D eigenvalue weighted by Crippen LogP contribution is 2.28. The van der Waals surface area contributed by atoms with E-state index in [1.165, 1.54) is 17.3 Å². The molecule has 0 unspecified atom stereocenters. The van der Waals surface area contributed by atoms with Crippen LogP contribution in [0.25, 0.3) is 0 Å². The Morgan fingerprint density at radius 1 is 1.38 bits per heavy atom. The molecule has 5 nitrogen and oxygen atoms in total. The number of nitrogens with one attached hydrogen (secondary N) is 2. The largest absolute Gasteiger partial charge is 0.494 e. The van der Waals surface area contributed by atoms with Crippen LogP contribution >= 0.6 is 11.8 Å². The molecule has 2 amide bonds. The van der Waals surface area contributed by atoms with Crippen molar-refractivity contribution >= 4 is 23.6 Å². The summed E-state index contributed by atoms with van der Waals surface area (Å²) in [6, 6.07) is 7.60. The Hall–Kier alpha value is -1.69. The summed E-state index contributed by atoms with van der Waals surface area (Å²) < 4.78 is 4.96. The van der Waals surface area contributed by atoms with Gasteiger partial charge in [-0.3, -0.25) is 9.59 Å². The van der Waals surface area contributed by atoms with Gasteiger partial charge in [0.15, 0.2) is 0 Å². The van der Waals surface area contributed by atoms with Crippen LogP contribution in [0, 0.1) is 0 Å². The predicted octanol–water partition coefficient (Wildman–Crippen LogP) is 2.14. The smallest absolute Gasteiger partial charge is 0.243 e. The van der Waals surface area contributed by atoms with Crippen LogP contribution in [-0.4, -0.2) is 41.5 Å². The van der Waals surface area contributed by atoms with E-state index >= 15 is 0 Å². The lowest BCUT2D eigenvalue weighted by atomic mass is 10.1. The number of rotatable bonds is 7. The van der Waals surface area contributed by atoms with Crippen LogP contribution in [0.15, 0.2) is 24.3 Å². The molecule has 24 heavy (non-hydrogen) atoms. The first-order valence-electron chi connectivity index (χ1n) is 8.37. The van der Waals surface area contributed by atoms with Crippen molar-refractivity contribution in [3.63, 3.8) is 0 Å². The summed E-state index contributed by atoms with van der Waals surface area (Å²) in [4.78, 5) is 24.0. The summed E-state index contributed by atoms with van der Waals surface area (Å²) in [5.74, 6) is 1.32. The van der Waals surface area contributed by atoms with E-state index in [1.54, 1.807) is 0 Å². The van der Waals surface area contributed by atoms with Gasteiger partial charge in [0.25, 0.3) is 0 Å². The van der Waals surface area contributed by atoms with E-state index in [1.807, 2.05) is 45.0 Å². The predicted molar refractivity (Wildman–Crippen MR) is 97.4 cm³/mol. The zero-order valence-electron chi connectivity index (χ0n) is 14.6. The minimum Gasteiger partial charge on any atom is -0.494 e. The highest BCUT2D eigenvalue weighted by atomic mass is 32.2. The molecule has 0 saturated carbocycles. The summed E-state index contributed by atoms with van der Waals surface area (Å²) in [6.45, 7) is 6.98. The van der Waals surface area contributed by atoms with Crippen LogP contribution in [-0.2, 0) is 16.0 Å². The maximum absolute atomic E-state index is 12.1. The molecule has 0 spiro atoms. The first-order chi connectivity index (χ1) is 11.4. The number of hydrogen-bond acceptors (Lipinski definition) is 4. The van der Waals surface area contributed by atoms with Crippen molar-refractivity contribution in [1.29, 1.82) is 0 Å². The number of hydrogen-bond donors (Lipinski definition) is 2. The van der Waals surface area contributed by atoms with Gasteiger partial charge in [-0.25, -0.2) is 0 Å². The van der Waals surface area contributed by atoms with Crippen molar-refractivity contribution < 1.29 is 14.3 Å². The number of carbonyl (C=O) groups excluding carboxylic acids is 2. The van der Waals surface area contributed by atoms with Gasteiger partial charge in [0, 0.05) is 12.3 Å². The van der Waals surface area contributed by atoms with E-state index in [2.05, 4.69) is 10.6 Å². The molecule has 2 N–H and O–H groups in total. The third kappa shape index (κ3) is 5.16. The molecule has 1 aliphatic rings. The van der Waals surface area contributed by atoms with Crippen LogP contribution in [0.2, 0.25) is 0 Å². The Kier molecular flexibility index (Phi) is 6.54. The molecule has 132 valence electrons. The van der Waals surface area contributed by atoms with Crippen LogP contribution in [0.5, 0.6) is 5.75 Å². The molecule has 1 aromatic rings. The standard InChI is InChI=1S/C18H26N2O3S/c1-4-23-14-9-7-13(8-10-14)6-5-11-19-16(21)15-12-24-18(2,3)17(22)20-15/h7-10,15H,4-6,11-12H2,1-3H3,(H,19,21)(H,20,22)/t15-/m1/s1. The summed E-state index contributed by atoms with van der Waals surface area (Å²) in [5, 5.41) is 5.71. The second-order valence-corrected chi connectivity index (χ2v) is 7.96. The van der Waals surface area contributed by atoms with Gasteiger partial charge in [-0.2, -0.15) is 0 Å². The van der Waals surface area contributed by atoms with Crippen LogP contribution in [0.4, 0.5) is 0 Å². The fraction of sp³-hybridized carbons (Fsp3) is 0.556. The SMILES string of the molecule is CCOc1ccc(CCCNC(=O)[C@H]2CSC(C)(C)C(=O)N2)cc1. The molecule has 0 radical (unpaired) electrons. The van der Waals surface area contributed by atoms with Gasteiger partial charge < -0.3 is 15.4 Å². The molecule has 2 rings (SSSR count). The fourth-order valence-corrected chi connectivity index (χ4v) is 3.43. The molecule has 1 aliphatic heterocycles. The normalized spacial score (nSPS) is 19.5. The Labute approximate surface area is 147 Å². The number of benzene rings is 1. The zero-order chi connectivity index (χ0) is 17.6. The summed E-state index contributed by atoms with van der Waals surface area (Å²) >= 11 is 1.52. The first-order valence-corrected chi connectivity index (χ1v) is 9.35. The van der Waals surface area contributed by atoms with E-state index in [9.17, 15) is 9.59 Å². The molecule has 0 bridgehead atoms. The van der Waals surface area contributed by atoms with Gasteiger partial charge in [-0.15, -0.1) is 11.8 Å². The van der Waals surface area contributed by atoms with Crippen molar-refractivity contribution in [2.45, 2.75) is 44.4 Å². The number of aryl methyl sites for hydroxylation is 1. The molecule has 1 atom stereocenters. The molecular formula is C18H26N2O3S. The number of amides is 2. The van der Waals surface area contributed by atoms with E-state index < -0.39 is 10.8 Å². The lowest BCUT2D eigenvalue weighted by molar-refractivity contribution is -0.129. The van der Waals surface area contributed by atoms with Gasteiger partial charge in [0.1, 0.15) is 11.8 Å². The van der Waals surface area contributed by atoms with Crippen molar-refractivity contribution in [3.05, 3.63) is 29.8 Å². The summed E-state index contributed by atoms with van der Waals surface area (Å²) in [6.07, 6.45) is 1.75. The van der Waals surface area contributed by atoms with Gasteiger partial charge >= 0.3 is 0 Å². The van der Waals surface area contributed by atoms with Crippen molar-refractivity contribution in [2.75, 3.05) is 18.9 Å². The third-order valence-electron chi connectivity index (χ3n) is 3.96. The lowest BCUT2D eigenvalue weighted by Crippen LogP contribution is -2.57. The van der Waals surface area contributed by atoms with Crippen molar-refractivity contribution in [1.82, 2.24) is 10.6 Å².